The monoisotopic (exact) mass is 417 g/mol. The Morgan fingerprint density at radius 3 is 2.71 bits per heavy atom. The van der Waals surface area contributed by atoms with Gasteiger partial charge in [-0.2, -0.15) is 0 Å². The molecule has 5 rings (SSSR count). The summed E-state index contributed by atoms with van der Waals surface area (Å²) in [4.78, 5) is 21.1. The van der Waals surface area contributed by atoms with Crippen molar-refractivity contribution in [3.8, 4) is 5.75 Å². The van der Waals surface area contributed by atoms with Crippen molar-refractivity contribution >= 4 is 11.0 Å². The van der Waals surface area contributed by atoms with E-state index in [1.807, 2.05) is 41.0 Å². The summed E-state index contributed by atoms with van der Waals surface area (Å²) in [6.07, 6.45) is 6.84. The van der Waals surface area contributed by atoms with E-state index in [0.717, 1.165) is 28.9 Å². The number of piperidine rings is 2. The molecule has 2 atom stereocenters. The van der Waals surface area contributed by atoms with E-state index in [9.17, 15) is 4.79 Å². The molecule has 3 heterocycles. The molecule has 0 radical (unpaired) electrons. The van der Waals surface area contributed by atoms with Crippen molar-refractivity contribution in [2.24, 2.45) is 5.92 Å². The average molecular weight is 418 g/mol. The second-order valence-corrected chi connectivity index (χ2v) is 8.99. The molecule has 5 nitrogen and oxygen atoms in total. The van der Waals surface area contributed by atoms with Gasteiger partial charge in [-0.15, -0.1) is 0 Å². The molecule has 2 fully saturated rings. The molecule has 3 aromatic rings. The second kappa shape index (κ2) is 8.83. The molecular formula is C26H31N3O2. The first-order chi connectivity index (χ1) is 15.2. The number of aromatic nitrogens is 2. The lowest BCUT2D eigenvalue weighted by molar-refractivity contribution is 0.0520. The van der Waals surface area contributed by atoms with Crippen LogP contribution in [0.25, 0.3) is 11.0 Å². The van der Waals surface area contributed by atoms with E-state index in [0.29, 0.717) is 24.1 Å². The number of ether oxygens (including phenoxy) is 1. The maximum Gasteiger partial charge on any atom is 0.273 e. The summed E-state index contributed by atoms with van der Waals surface area (Å²) in [6.45, 7) is 3.19. The number of nitrogens with zero attached hydrogens (tertiary/aromatic N) is 3. The first-order valence-corrected chi connectivity index (χ1v) is 11.6. The van der Waals surface area contributed by atoms with Crippen LogP contribution in [0.1, 0.15) is 43.4 Å². The van der Waals surface area contributed by atoms with E-state index >= 15 is 0 Å². The molecule has 0 aliphatic carbocycles. The Labute approximate surface area is 183 Å². The standard InChI is InChI=1S/C26H31N3O2/c1-31-21-12-13-25-22(17-21)27-23(16-19-8-3-2-4-9-19)26(30)29(25)18-20-10-7-15-28-14-6-5-11-24(20)28/h2-4,8-9,12-13,17,20,24H,5-7,10-11,14-16,18H2,1H3/t20-,24+/m1/s1. The molecule has 0 saturated carbocycles. The molecule has 162 valence electrons. The van der Waals surface area contributed by atoms with Gasteiger partial charge in [0, 0.05) is 25.1 Å². The molecule has 0 N–H and O–H groups in total. The van der Waals surface area contributed by atoms with Gasteiger partial charge in [-0.1, -0.05) is 36.8 Å². The zero-order valence-corrected chi connectivity index (χ0v) is 18.3. The topological polar surface area (TPSA) is 47.4 Å². The highest BCUT2D eigenvalue weighted by Crippen LogP contribution is 2.32. The van der Waals surface area contributed by atoms with Gasteiger partial charge in [-0.05, 0) is 62.4 Å². The summed E-state index contributed by atoms with van der Waals surface area (Å²) < 4.78 is 7.44. The van der Waals surface area contributed by atoms with Gasteiger partial charge in [0.15, 0.2) is 0 Å². The second-order valence-electron chi connectivity index (χ2n) is 8.99. The SMILES string of the molecule is COc1ccc2c(c1)nc(Cc1ccccc1)c(=O)n2C[C@H]1CCCN2CCCC[C@@H]12. The lowest BCUT2D eigenvalue weighted by Crippen LogP contribution is -2.49. The lowest BCUT2D eigenvalue weighted by atomic mass is 9.83. The Morgan fingerprint density at radius 1 is 1.03 bits per heavy atom. The molecule has 0 bridgehead atoms. The van der Waals surface area contributed by atoms with Gasteiger partial charge in [-0.25, -0.2) is 4.98 Å². The average Bonchev–Trinajstić information content (AvgIpc) is 2.82. The highest BCUT2D eigenvalue weighted by Gasteiger charge is 2.33. The van der Waals surface area contributed by atoms with Crippen LogP contribution < -0.4 is 10.3 Å². The minimum atomic E-state index is 0.0504. The van der Waals surface area contributed by atoms with Crippen molar-refractivity contribution in [1.29, 1.82) is 0 Å². The van der Waals surface area contributed by atoms with Crippen LogP contribution in [0.4, 0.5) is 0 Å². The van der Waals surface area contributed by atoms with Crippen molar-refractivity contribution in [1.82, 2.24) is 14.5 Å². The van der Waals surface area contributed by atoms with Gasteiger partial charge >= 0.3 is 0 Å². The van der Waals surface area contributed by atoms with Crippen LogP contribution in [-0.2, 0) is 13.0 Å². The van der Waals surface area contributed by atoms with Crippen LogP contribution in [0.5, 0.6) is 5.75 Å². The van der Waals surface area contributed by atoms with Gasteiger partial charge in [0.1, 0.15) is 11.4 Å². The molecule has 5 heteroatoms. The zero-order chi connectivity index (χ0) is 21.2. The molecule has 2 aliphatic rings. The van der Waals surface area contributed by atoms with Crippen molar-refractivity contribution < 1.29 is 4.74 Å². The minimum Gasteiger partial charge on any atom is -0.497 e. The highest BCUT2D eigenvalue weighted by atomic mass is 16.5. The van der Waals surface area contributed by atoms with Crippen LogP contribution >= 0.6 is 0 Å². The predicted molar refractivity (Wildman–Crippen MR) is 124 cm³/mol. The van der Waals surface area contributed by atoms with E-state index < -0.39 is 0 Å². The molecule has 2 saturated heterocycles. The normalized spacial score (nSPS) is 21.7. The molecule has 0 spiro atoms. The van der Waals surface area contributed by atoms with Crippen molar-refractivity contribution in [3.05, 3.63) is 70.1 Å². The third-order valence-electron chi connectivity index (χ3n) is 7.08. The number of hydrogen-bond acceptors (Lipinski definition) is 4. The Kier molecular flexibility index (Phi) is 5.77. The number of rotatable bonds is 5. The zero-order valence-electron chi connectivity index (χ0n) is 18.3. The fourth-order valence-electron chi connectivity index (χ4n) is 5.52. The molecule has 2 aliphatic heterocycles. The molecular weight excluding hydrogens is 386 g/mol. The molecule has 1 aromatic heterocycles. The fraction of sp³-hybridized carbons (Fsp3) is 0.462. The van der Waals surface area contributed by atoms with Crippen molar-refractivity contribution in [3.63, 3.8) is 0 Å². The molecule has 0 amide bonds. The Balaban J connectivity index is 1.56. The van der Waals surface area contributed by atoms with E-state index in [2.05, 4.69) is 17.0 Å². The fourth-order valence-corrected chi connectivity index (χ4v) is 5.52. The Hall–Kier alpha value is -2.66. The summed E-state index contributed by atoms with van der Waals surface area (Å²) >= 11 is 0. The van der Waals surface area contributed by atoms with Gasteiger partial charge in [-0.3, -0.25) is 4.79 Å². The third kappa shape index (κ3) is 4.11. The van der Waals surface area contributed by atoms with Gasteiger partial charge in [0.05, 0.1) is 18.1 Å². The maximum absolute atomic E-state index is 13.6. The van der Waals surface area contributed by atoms with E-state index in [4.69, 9.17) is 9.72 Å². The van der Waals surface area contributed by atoms with Crippen molar-refractivity contribution in [2.75, 3.05) is 20.2 Å². The summed E-state index contributed by atoms with van der Waals surface area (Å²) in [5.41, 5.74) is 3.52. The summed E-state index contributed by atoms with van der Waals surface area (Å²) in [5, 5.41) is 0. The largest absolute Gasteiger partial charge is 0.497 e. The Bertz CT molecular complexity index is 1110. The van der Waals surface area contributed by atoms with Crippen LogP contribution in [0.15, 0.2) is 53.3 Å². The van der Waals surface area contributed by atoms with Gasteiger partial charge < -0.3 is 14.2 Å². The third-order valence-corrected chi connectivity index (χ3v) is 7.08. The van der Waals surface area contributed by atoms with Gasteiger partial charge in [0.2, 0.25) is 0 Å². The van der Waals surface area contributed by atoms with E-state index in [1.165, 1.54) is 45.2 Å². The summed E-state index contributed by atoms with van der Waals surface area (Å²) in [5.74, 6) is 1.29. The number of methoxy groups -OCH3 is 1. The first-order valence-electron chi connectivity index (χ1n) is 11.6. The van der Waals surface area contributed by atoms with Crippen molar-refractivity contribution in [2.45, 2.75) is 51.1 Å². The number of hydrogen-bond donors (Lipinski definition) is 0. The van der Waals surface area contributed by atoms with E-state index in [-0.39, 0.29) is 5.56 Å². The predicted octanol–water partition coefficient (Wildman–Crippen LogP) is 4.26. The van der Waals surface area contributed by atoms with Gasteiger partial charge in [0.25, 0.3) is 5.56 Å². The summed E-state index contributed by atoms with van der Waals surface area (Å²) in [7, 11) is 1.67. The maximum atomic E-state index is 13.6. The van der Waals surface area contributed by atoms with Crippen LogP contribution in [0.3, 0.4) is 0 Å². The first kappa shape index (κ1) is 20.3. The quantitative estimate of drug-likeness (QED) is 0.622. The lowest BCUT2D eigenvalue weighted by Gasteiger charge is -2.44. The minimum absolute atomic E-state index is 0.0504. The summed E-state index contributed by atoms with van der Waals surface area (Å²) in [6, 6.07) is 16.6. The smallest absolute Gasteiger partial charge is 0.273 e. The Morgan fingerprint density at radius 2 is 1.87 bits per heavy atom. The molecule has 31 heavy (non-hydrogen) atoms. The molecule has 0 unspecified atom stereocenters. The van der Waals surface area contributed by atoms with Crippen LogP contribution in [0.2, 0.25) is 0 Å². The number of fused-ring (bicyclic) bond motifs is 2. The highest BCUT2D eigenvalue weighted by molar-refractivity contribution is 5.76. The van der Waals surface area contributed by atoms with E-state index in [1.54, 1.807) is 7.11 Å². The van der Waals surface area contributed by atoms with Crippen LogP contribution in [0, 0.1) is 5.92 Å². The van der Waals surface area contributed by atoms with Crippen LogP contribution in [-0.4, -0.2) is 40.7 Å². The molecule has 2 aromatic carbocycles. The number of benzene rings is 2.